The van der Waals surface area contributed by atoms with E-state index in [0.717, 1.165) is 0 Å². The molecule has 2 fully saturated rings. The van der Waals surface area contributed by atoms with E-state index in [1.807, 2.05) is 0 Å². The second kappa shape index (κ2) is 12.7. The van der Waals surface area contributed by atoms with Crippen LogP contribution in [0.15, 0.2) is 0 Å². The van der Waals surface area contributed by atoms with Crippen LogP contribution in [0, 0.1) is 0 Å². The molecule has 0 aliphatic carbocycles. The van der Waals surface area contributed by atoms with Gasteiger partial charge in [-0.2, -0.15) is 0 Å². The summed E-state index contributed by atoms with van der Waals surface area (Å²) < 4.78 is 0. The molecule has 2 saturated heterocycles. The van der Waals surface area contributed by atoms with Gasteiger partial charge in [-0.15, -0.1) is 0 Å². The van der Waals surface area contributed by atoms with Crippen LogP contribution < -0.4 is 22.1 Å². The van der Waals surface area contributed by atoms with Gasteiger partial charge in [0.1, 0.15) is 24.2 Å². The first kappa shape index (κ1) is 27.5. The Morgan fingerprint density at radius 2 is 1.56 bits per heavy atom. The number of unbranched alkanes of at least 4 members (excludes halogenated alkanes) is 1. The summed E-state index contributed by atoms with van der Waals surface area (Å²) >= 11 is 0. The van der Waals surface area contributed by atoms with Gasteiger partial charge in [0.2, 0.25) is 23.6 Å². The third-order valence-corrected chi connectivity index (χ3v) is 6.37. The van der Waals surface area contributed by atoms with Crippen LogP contribution >= 0.6 is 0 Å². The van der Waals surface area contributed by atoms with E-state index in [-0.39, 0.29) is 5.91 Å². The van der Waals surface area contributed by atoms with Crippen molar-refractivity contribution in [3.8, 4) is 0 Å². The smallest absolute Gasteiger partial charge is 0.326 e. The molecule has 0 radical (unpaired) electrons. The normalized spacial score (nSPS) is 22.7. The molecule has 0 saturated carbocycles. The molecule has 0 aromatic rings. The van der Waals surface area contributed by atoms with E-state index in [4.69, 9.17) is 11.5 Å². The number of carboxylic acid groups (broad SMARTS) is 1. The molecule has 12 nitrogen and oxygen atoms in total. The van der Waals surface area contributed by atoms with Gasteiger partial charge in [-0.05, 0) is 65.3 Å². The fourth-order valence-corrected chi connectivity index (χ4v) is 4.42. The van der Waals surface area contributed by atoms with Crippen LogP contribution in [0.25, 0.3) is 0 Å². The second-order valence-corrected chi connectivity index (χ2v) is 9.08. The lowest BCUT2D eigenvalue weighted by atomic mass is 10.1. The number of aliphatic carboxylic acids is 1. The lowest BCUT2D eigenvalue weighted by molar-refractivity contribution is -0.152. The summed E-state index contributed by atoms with van der Waals surface area (Å²) in [6.07, 6.45) is 3.63. The molecule has 7 N–H and O–H groups in total. The summed E-state index contributed by atoms with van der Waals surface area (Å²) in [6, 6.07) is -4.21. The molecule has 0 aromatic carbocycles. The van der Waals surface area contributed by atoms with Crippen molar-refractivity contribution >= 4 is 29.6 Å². The SMILES string of the molecule is C[C@H](N)C(=O)N[C@@H](C)C(=O)N[C@@H](CCCCN)C(=O)N1CCC[C@H]1C(=O)N1CCC[C@H]1C(=O)O. The van der Waals surface area contributed by atoms with Crippen LogP contribution in [0.2, 0.25) is 0 Å². The van der Waals surface area contributed by atoms with E-state index in [9.17, 15) is 29.1 Å². The highest BCUT2D eigenvalue weighted by molar-refractivity contribution is 5.95. The molecule has 4 amide bonds. The number of hydrogen-bond acceptors (Lipinski definition) is 7. The predicted molar refractivity (Wildman–Crippen MR) is 123 cm³/mol. The number of carbonyl (C=O) groups is 5. The molecular formula is C22H38N6O6. The van der Waals surface area contributed by atoms with Crippen LogP contribution in [0.4, 0.5) is 0 Å². The number of likely N-dealkylation sites (tertiary alicyclic amines) is 2. The number of nitrogens with zero attached hydrogens (tertiary/aromatic N) is 2. The number of carboxylic acids is 1. The Morgan fingerprint density at radius 1 is 0.941 bits per heavy atom. The summed E-state index contributed by atoms with van der Waals surface area (Å²) in [5.74, 6) is -2.82. The van der Waals surface area contributed by atoms with Gasteiger partial charge in [0.05, 0.1) is 6.04 Å². The minimum Gasteiger partial charge on any atom is -0.480 e. The number of nitrogens with one attached hydrogen (secondary N) is 2. The van der Waals surface area contributed by atoms with Crippen molar-refractivity contribution in [1.82, 2.24) is 20.4 Å². The Balaban J connectivity index is 2.12. The van der Waals surface area contributed by atoms with Gasteiger partial charge in [0, 0.05) is 13.1 Å². The Hall–Kier alpha value is -2.73. The fraction of sp³-hybridized carbons (Fsp3) is 0.773. The first-order valence-electron chi connectivity index (χ1n) is 12.0. The van der Waals surface area contributed by atoms with Crippen molar-refractivity contribution in [3.63, 3.8) is 0 Å². The first-order valence-corrected chi connectivity index (χ1v) is 12.0. The molecule has 0 unspecified atom stereocenters. The molecule has 2 aliphatic heterocycles. The lowest BCUT2D eigenvalue weighted by Crippen LogP contribution is -2.57. The van der Waals surface area contributed by atoms with Gasteiger partial charge < -0.3 is 37.0 Å². The molecule has 2 heterocycles. The van der Waals surface area contributed by atoms with Crippen LogP contribution in [0.3, 0.4) is 0 Å². The summed E-state index contributed by atoms with van der Waals surface area (Å²) in [5, 5.41) is 14.6. The van der Waals surface area contributed by atoms with Gasteiger partial charge in [-0.1, -0.05) is 0 Å². The maximum absolute atomic E-state index is 13.5. The van der Waals surface area contributed by atoms with E-state index in [0.29, 0.717) is 64.6 Å². The maximum Gasteiger partial charge on any atom is 0.326 e. The highest BCUT2D eigenvalue weighted by atomic mass is 16.4. The van der Waals surface area contributed by atoms with Gasteiger partial charge in [0.25, 0.3) is 0 Å². The molecule has 0 aromatic heterocycles. The molecule has 12 heteroatoms. The predicted octanol–water partition coefficient (Wildman–Crippen LogP) is -1.48. The van der Waals surface area contributed by atoms with Crippen molar-refractivity contribution in [2.24, 2.45) is 11.5 Å². The van der Waals surface area contributed by atoms with E-state index in [1.54, 1.807) is 0 Å². The molecule has 0 bridgehead atoms. The molecule has 2 aliphatic rings. The third-order valence-electron chi connectivity index (χ3n) is 6.37. The quantitative estimate of drug-likeness (QED) is 0.220. The minimum atomic E-state index is -1.04. The van der Waals surface area contributed by atoms with Crippen molar-refractivity contribution in [2.45, 2.75) is 89.0 Å². The van der Waals surface area contributed by atoms with Gasteiger partial charge in [-0.3, -0.25) is 19.2 Å². The Labute approximate surface area is 199 Å². The van der Waals surface area contributed by atoms with Crippen molar-refractivity contribution in [3.05, 3.63) is 0 Å². The molecule has 5 atom stereocenters. The molecular weight excluding hydrogens is 444 g/mol. The summed E-state index contributed by atoms with van der Waals surface area (Å²) in [5.41, 5.74) is 11.1. The molecule has 34 heavy (non-hydrogen) atoms. The standard InChI is InChI=1S/C22H38N6O6/c1-13(24)18(29)25-14(2)19(30)26-15(7-3-4-10-23)20(31)27-11-5-8-16(27)21(32)28-12-6-9-17(28)22(33)34/h13-17H,3-12,23-24H2,1-2H3,(H,25,29)(H,26,30)(H,33,34)/t13-,14-,15-,16-,17-/m0/s1. The Kier molecular flexibility index (Phi) is 10.2. The van der Waals surface area contributed by atoms with Crippen molar-refractivity contribution in [2.75, 3.05) is 19.6 Å². The number of rotatable bonds is 11. The topological polar surface area (TPSA) is 188 Å². The fourth-order valence-electron chi connectivity index (χ4n) is 4.42. The van der Waals surface area contributed by atoms with Crippen molar-refractivity contribution < 1.29 is 29.1 Å². The largest absolute Gasteiger partial charge is 0.480 e. The highest BCUT2D eigenvalue weighted by Gasteiger charge is 2.43. The maximum atomic E-state index is 13.5. The summed E-state index contributed by atoms with van der Waals surface area (Å²) in [7, 11) is 0. The van der Waals surface area contributed by atoms with Gasteiger partial charge >= 0.3 is 5.97 Å². The highest BCUT2D eigenvalue weighted by Crippen LogP contribution is 2.26. The zero-order chi connectivity index (χ0) is 25.4. The number of carbonyl (C=O) groups excluding carboxylic acids is 4. The molecule has 192 valence electrons. The van der Waals surface area contributed by atoms with E-state index < -0.39 is 53.9 Å². The van der Waals surface area contributed by atoms with Crippen LogP contribution in [-0.4, -0.2) is 94.3 Å². The monoisotopic (exact) mass is 482 g/mol. The van der Waals surface area contributed by atoms with E-state index in [1.165, 1.54) is 23.6 Å². The zero-order valence-electron chi connectivity index (χ0n) is 20.0. The van der Waals surface area contributed by atoms with Gasteiger partial charge in [-0.25, -0.2) is 4.79 Å². The van der Waals surface area contributed by atoms with Crippen LogP contribution in [0.5, 0.6) is 0 Å². The average molecular weight is 483 g/mol. The Morgan fingerprint density at radius 3 is 2.15 bits per heavy atom. The second-order valence-electron chi connectivity index (χ2n) is 9.08. The summed E-state index contributed by atoms with van der Waals surface area (Å²) in [6.45, 7) is 4.13. The molecule has 0 spiro atoms. The van der Waals surface area contributed by atoms with E-state index >= 15 is 0 Å². The first-order chi connectivity index (χ1) is 16.1. The summed E-state index contributed by atoms with van der Waals surface area (Å²) in [4.78, 5) is 65.5. The van der Waals surface area contributed by atoms with Crippen LogP contribution in [-0.2, 0) is 24.0 Å². The minimum absolute atomic E-state index is 0.328. The Bertz CT molecular complexity index is 775. The number of hydrogen-bond donors (Lipinski definition) is 5. The van der Waals surface area contributed by atoms with E-state index in [2.05, 4.69) is 10.6 Å². The molecule has 2 rings (SSSR count). The van der Waals surface area contributed by atoms with Gasteiger partial charge in [0.15, 0.2) is 0 Å². The average Bonchev–Trinajstić information content (AvgIpc) is 3.47. The zero-order valence-corrected chi connectivity index (χ0v) is 20.0. The van der Waals surface area contributed by atoms with Crippen molar-refractivity contribution in [1.29, 1.82) is 0 Å². The lowest BCUT2D eigenvalue weighted by Gasteiger charge is -2.32. The number of nitrogens with two attached hydrogens (primary N) is 2. The van der Waals surface area contributed by atoms with Crippen LogP contribution in [0.1, 0.15) is 58.8 Å². The third kappa shape index (κ3) is 6.89. The number of amides is 4.